The quantitative estimate of drug-likeness (QED) is 0.413. The highest BCUT2D eigenvalue weighted by molar-refractivity contribution is 7.15. The molecule has 3 N–H and O–H groups in total. The van der Waals surface area contributed by atoms with Crippen LogP contribution in [-0.4, -0.2) is 47.3 Å². The van der Waals surface area contributed by atoms with Gasteiger partial charge < -0.3 is 20.5 Å². The predicted octanol–water partition coefficient (Wildman–Crippen LogP) is 2.75. The minimum absolute atomic E-state index is 0.0564. The van der Waals surface area contributed by atoms with Crippen LogP contribution < -0.4 is 15.4 Å². The first kappa shape index (κ1) is 21.6. The van der Waals surface area contributed by atoms with Gasteiger partial charge in [-0.3, -0.25) is 4.79 Å². The summed E-state index contributed by atoms with van der Waals surface area (Å²) in [5.41, 5.74) is -0.0564. The zero-order valence-corrected chi connectivity index (χ0v) is 16.5. The molecule has 25 heavy (non-hydrogen) atoms. The Morgan fingerprint density at radius 2 is 2.12 bits per heavy atom. The minimum Gasteiger partial charge on any atom is -0.467 e. The monoisotopic (exact) mass is 369 g/mol. The number of amides is 1. The number of hydrogen-bond donors (Lipinski definition) is 3. The van der Waals surface area contributed by atoms with E-state index in [0.717, 1.165) is 19.3 Å². The molecule has 1 aromatic heterocycles. The van der Waals surface area contributed by atoms with Crippen LogP contribution in [0.3, 0.4) is 0 Å². The number of β-amino-alcohol motifs (C(OH)–C–C–N with tert-alkyl or cyclic N) is 1. The Morgan fingerprint density at radius 1 is 1.40 bits per heavy atom. The number of rotatable bonds is 11. The van der Waals surface area contributed by atoms with E-state index in [1.165, 1.54) is 17.5 Å². The van der Waals surface area contributed by atoms with E-state index in [-0.39, 0.29) is 18.1 Å². The van der Waals surface area contributed by atoms with Crippen LogP contribution in [-0.2, 0) is 0 Å². The van der Waals surface area contributed by atoms with Crippen molar-refractivity contribution in [3.05, 3.63) is 23.2 Å². The molecule has 1 aromatic rings. The van der Waals surface area contributed by atoms with Crippen molar-refractivity contribution < 1.29 is 14.6 Å². The first-order valence-corrected chi connectivity index (χ1v) is 9.58. The Balaban J connectivity index is 2.29. The summed E-state index contributed by atoms with van der Waals surface area (Å²) in [6.07, 6.45) is 8.11. The summed E-state index contributed by atoms with van der Waals surface area (Å²) >= 11 is 1.18. The average Bonchev–Trinajstić information content (AvgIpc) is 3.02. The standard InChI is InChI=1S/C18H31N3O3S/c1-5-6-7-8-9-10-19-16(23)15-12-20-17(25-15)24-13-14(22)11-21-18(2,3)4/h7-8,12,14,21-22H,5-6,9-11,13H2,1-4H3,(H,19,23)/b8-7+. The van der Waals surface area contributed by atoms with Crippen molar-refractivity contribution in [1.82, 2.24) is 15.6 Å². The molecule has 0 aliphatic rings. The van der Waals surface area contributed by atoms with Crippen LogP contribution in [0.4, 0.5) is 0 Å². The van der Waals surface area contributed by atoms with Crippen molar-refractivity contribution in [2.45, 2.75) is 58.6 Å². The molecule has 0 aromatic carbocycles. The highest BCUT2D eigenvalue weighted by Crippen LogP contribution is 2.20. The summed E-state index contributed by atoms with van der Waals surface area (Å²) in [4.78, 5) is 16.6. The third-order valence-corrected chi connectivity index (χ3v) is 4.10. The SMILES string of the molecule is CCC/C=C/CCNC(=O)c1cnc(OCC(O)CNC(C)(C)C)s1. The number of nitrogens with one attached hydrogen (secondary N) is 2. The van der Waals surface area contributed by atoms with E-state index in [2.05, 4.69) is 34.7 Å². The average molecular weight is 370 g/mol. The number of thiazole rings is 1. The van der Waals surface area contributed by atoms with Gasteiger partial charge >= 0.3 is 0 Å². The third kappa shape index (κ3) is 10.2. The summed E-state index contributed by atoms with van der Waals surface area (Å²) in [6, 6.07) is 0. The molecular weight excluding hydrogens is 338 g/mol. The van der Waals surface area contributed by atoms with Gasteiger partial charge in [-0.05, 0) is 33.6 Å². The molecule has 142 valence electrons. The van der Waals surface area contributed by atoms with Gasteiger partial charge in [0.25, 0.3) is 11.1 Å². The van der Waals surface area contributed by atoms with Gasteiger partial charge in [-0.1, -0.05) is 36.8 Å². The van der Waals surface area contributed by atoms with Crippen molar-refractivity contribution in [3.8, 4) is 5.19 Å². The lowest BCUT2D eigenvalue weighted by Crippen LogP contribution is -2.42. The number of carbonyl (C=O) groups excluding carboxylic acids is 1. The van der Waals surface area contributed by atoms with Crippen LogP contribution in [0.5, 0.6) is 5.19 Å². The number of ether oxygens (including phenoxy) is 1. The van der Waals surface area contributed by atoms with E-state index in [0.29, 0.717) is 23.2 Å². The van der Waals surface area contributed by atoms with Gasteiger partial charge in [-0.15, -0.1) is 0 Å². The lowest BCUT2D eigenvalue weighted by atomic mass is 10.1. The number of hydrogen-bond acceptors (Lipinski definition) is 6. The fraction of sp³-hybridized carbons (Fsp3) is 0.667. The van der Waals surface area contributed by atoms with Gasteiger partial charge in [0, 0.05) is 18.6 Å². The Bertz CT molecular complexity index is 538. The minimum atomic E-state index is -0.629. The maximum atomic E-state index is 12.0. The lowest BCUT2D eigenvalue weighted by Gasteiger charge is -2.22. The number of nitrogens with zero attached hydrogens (tertiary/aromatic N) is 1. The Hall–Kier alpha value is -1.44. The van der Waals surface area contributed by atoms with Crippen LogP contribution in [0.15, 0.2) is 18.3 Å². The molecule has 6 nitrogen and oxygen atoms in total. The van der Waals surface area contributed by atoms with Crippen molar-refractivity contribution >= 4 is 17.2 Å². The molecule has 1 heterocycles. The van der Waals surface area contributed by atoms with Gasteiger partial charge in [0.2, 0.25) is 0 Å². The Morgan fingerprint density at radius 3 is 2.80 bits per heavy atom. The molecule has 0 fully saturated rings. The fourth-order valence-corrected chi connectivity index (χ4v) is 2.53. The number of aliphatic hydroxyl groups is 1. The smallest absolute Gasteiger partial charge is 0.273 e. The number of aliphatic hydroxyl groups excluding tert-OH is 1. The highest BCUT2D eigenvalue weighted by atomic mass is 32.1. The largest absolute Gasteiger partial charge is 0.467 e. The summed E-state index contributed by atoms with van der Waals surface area (Å²) in [7, 11) is 0. The van der Waals surface area contributed by atoms with Gasteiger partial charge in [-0.25, -0.2) is 4.98 Å². The van der Waals surface area contributed by atoms with E-state index < -0.39 is 6.10 Å². The van der Waals surface area contributed by atoms with Crippen LogP contribution in [0.25, 0.3) is 0 Å². The highest BCUT2D eigenvalue weighted by Gasteiger charge is 2.14. The molecule has 0 saturated heterocycles. The van der Waals surface area contributed by atoms with Crippen LogP contribution >= 0.6 is 11.3 Å². The fourth-order valence-electron chi connectivity index (χ4n) is 1.84. The lowest BCUT2D eigenvalue weighted by molar-refractivity contribution is 0.0958. The second-order valence-electron chi connectivity index (χ2n) is 6.89. The second kappa shape index (κ2) is 11.2. The molecule has 1 atom stereocenters. The molecule has 1 amide bonds. The zero-order chi connectivity index (χ0) is 18.7. The van der Waals surface area contributed by atoms with Crippen molar-refractivity contribution in [1.29, 1.82) is 0 Å². The van der Waals surface area contributed by atoms with E-state index in [4.69, 9.17) is 4.74 Å². The number of unbranched alkanes of at least 4 members (excludes halogenated alkanes) is 1. The van der Waals surface area contributed by atoms with E-state index in [9.17, 15) is 9.90 Å². The summed E-state index contributed by atoms with van der Waals surface area (Å²) in [6.45, 7) is 9.41. The normalized spacial score (nSPS) is 13.2. The molecule has 0 spiro atoms. The molecule has 0 aliphatic carbocycles. The summed E-state index contributed by atoms with van der Waals surface area (Å²) in [5.74, 6) is -0.147. The van der Waals surface area contributed by atoms with Crippen LogP contribution in [0.2, 0.25) is 0 Å². The van der Waals surface area contributed by atoms with Crippen molar-refractivity contribution in [2.75, 3.05) is 19.7 Å². The number of aromatic nitrogens is 1. The first-order chi connectivity index (χ1) is 11.8. The molecular formula is C18H31N3O3S. The maximum Gasteiger partial charge on any atom is 0.273 e. The molecule has 1 unspecified atom stereocenters. The summed E-state index contributed by atoms with van der Waals surface area (Å²) < 4.78 is 5.46. The Labute approximate surface area is 154 Å². The summed E-state index contributed by atoms with van der Waals surface area (Å²) in [5, 5.41) is 16.4. The van der Waals surface area contributed by atoms with Gasteiger partial charge in [-0.2, -0.15) is 0 Å². The number of carbonyl (C=O) groups is 1. The van der Waals surface area contributed by atoms with E-state index in [1.807, 2.05) is 20.8 Å². The van der Waals surface area contributed by atoms with Crippen LogP contribution in [0, 0.1) is 0 Å². The van der Waals surface area contributed by atoms with Gasteiger partial charge in [0.1, 0.15) is 17.6 Å². The molecule has 0 bridgehead atoms. The first-order valence-electron chi connectivity index (χ1n) is 8.76. The second-order valence-corrected chi connectivity index (χ2v) is 7.88. The molecule has 7 heteroatoms. The van der Waals surface area contributed by atoms with Gasteiger partial charge in [0.15, 0.2) is 0 Å². The molecule has 0 radical (unpaired) electrons. The molecule has 0 aliphatic heterocycles. The Kier molecular flexibility index (Phi) is 9.70. The van der Waals surface area contributed by atoms with Crippen LogP contribution in [0.1, 0.15) is 56.6 Å². The molecule has 0 saturated carbocycles. The maximum absolute atomic E-state index is 12.0. The van der Waals surface area contributed by atoms with Crippen molar-refractivity contribution in [2.24, 2.45) is 0 Å². The topological polar surface area (TPSA) is 83.5 Å². The number of allylic oxidation sites excluding steroid dienone is 1. The third-order valence-electron chi connectivity index (χ3n) is 3.19. The predicted molar refractivity (Wildman–Crippen MR) is 102 cm³/mol. The van der Waals surface area contributed by atoms with E-state index in [1.54, 1.807) is 0 Å². The molecule has 1 rings (SSSR count). The zero-order valence-electron chi connectivity index (χ0n) is 15.7. The van der Waals surface area contributed by atoms with Gasteiger partial charge in [0.05, 0.1) is 6.20 Å². The van der Waals surface area contributed by atoms with Crippen molar-refractivity contribution in [3.63, 3.8) is 0 Å². The van der Waals surface area contributed by atoms with E-state index >= 15 is 0 Å².